The number of nitrogens with one attached hydrogen (secondary N) is 2. The normalized spacial score (nSPS) is 19.6. The van der Waals surface area contributed by atoms with Gasteiger partial charge in [-0.25, -0.2) is 4.79 Å². The molecule has 2 atom stereocenters. The van der Waals surface area contributed by atoms with E-state index in [1.165, 1.54) is 0 Å². The van der Waals surface area contributed by atoms with Gasteiger partial charge in [0.05, 0.1) is 19.1 Å². The summed E-state index contributed by atoms with van der Waals surface area (Å²) >= 11 is 0. The molecule has 3 rings (SSSR count). The monoisotopic (exact) mass is 382 g/mol. The molecule has 0 aliphatic carbocycles. The number of amides is 2. The lowest BCUT2D eigenvalue weighted by atomic mass is 9.97. The first kappa shape index (κ1) is 19.6. The number of carboxylic acid groups (broad SMARTS) is 1. The Labute approximate surface area is 162 Å². The highest BCUT2D eigenvalue weighted by atomic mass is 16.5. The Bertz CT molecular complexity index is 832. The maximum Gasteiger partial charge on any atom is 0.331 e. The summed E-state index contributed by atoms with van der Waals surface area (Å²) in [6, 6.07) is 17.2. The molecule has 1 aliphatic heterocycles. The van der Waals surface area contributed by atoms with Gasteiger partial charge in [-0.1, -0.05) is 48.5 Å². The molecule has 2 aromatic rings. The summed E-state index contributed by atoms with van der Waals surface area (Å²) in [5.41, 5.74) is -0.175. The Kier molecular flexibility index (Phi) is 6.06. The van der Waals surface area contributed by atoms with Crippen LogP contribution >= 0.6 is 0 Å². The summed E-state index contributed by atoms with van der Waals surface area (Å²) in [6.45, 7) is 0.208. The zero-order valence-corrected chi connectivity index (χ0v) is 15.3. The molecule has 1 saturated heterocycles. The van der Waals surface area contributed by atoms with Gasteiger partial charge in [-0.05, 0) is 17.7 Å². The molecule has 146 valence electrons. The molecule has 0 saturated carbocycles. The minimum atomic E-state index is -1.41. The Morgan fingerprint density at radius 1 is 1.04 bits per heavy atom. The Morgan fingerprint density at radius 3 is 2.25 bits per heavy atom. The minimum absolute atomic E-state index is 0.0690. The summed E-state index contributed by atoms with van der Waals surface area (Å²) in [5.74, 6) is -1.89. The van der Waals surface area contributed by atoms with Gasteiger partial charge in [0.1, 0.15) is 0 Å². The molecule has 7 heteroatoms. The molecule has 1 aliphatic rings. The summed E-state index contributed by atoms with van der Waals surface area (Å²) in [5, 5.41) is 15.0. The van der Waals surface area contributed by atoms with Gasteiger partial charge in [0.15, 0.2) is 5.54 Å². The summed E-state index contributed by atoms with van der Waals surface area (Å²) < 4.78 is 5.17. The lowest BCUT2D eigenvalue weighted by Gasteiger charge is -2.26. The van der Waals surface area contributed by atoms with Crippen molar-refractivity contribution in [2.75, 3.05) is 13.2 Å². The van der Waals surface area contributed by atoms with E-state index >= 15 is 0 Å². The molecule has 0 aromatic heterocycles. The molecule has 0 radical (unpaired) electrons. The lowest BCUT2D eigenvalue weighted by Crippen LogP contribution is -2.55. The lowest BCUT2D eigenvalue weighted by molar-refractivity contribution is -0.147. The van der Waals surface area contributed by atoms with Crippen molar-refractivity contribution in [3.63, 3.8) is 0 Å². The predicted molar refractivity (Wildman–Crippen MR) is 102 cm³/mol. The largest absolute Gasteiger partial charge is 0.479 e. The van der Waals surface area contributed by atoms with Crippen LogP contribution in [-0.4, -0.2) is 41.6 Å². The molecular formula is C21H22N2O5. The van der Waals surface area contributed by atoms with Crippen molar-refractivity contribution in [1.82, 2.24) is 10.6 Å². The smallest absolute Gasteiger partial charge is 0.331 e. The second kappa shape index (κ2) is 8.67. The van der Waals surface area contributed by atoms with Crippen molar-refractivity contribution in [2.24, 2.45) is 0 Å². The Hall–Kier alpha value is -3.19. The van der Waals surface area contributed by atoms with E-state index in [0.29, 0.717) is 5.56 Å². The van der Waals surface area contributed by atoms with Crippen LogP contribution in [0.5, 0.6) is 0 Å². The van der Waals surface area contributed by atoms with E-state index < -0.39 is 23.5 Å². The van der Waals surface area contributed by atoms with Crippen LogP contribution in [0.1, 0.15) is 34.8 Å². The number of hydrogen-bond donors (Lipinski definition) is 3. The Morgan fingerprint density at radius 2 is 1.68 bits per heavy atom. The highest BCUT2D eigenvalue weighted by Crippen LogP contribution is 2.22. The quantitative estimate of drug-likeness (QED) is 0.678. The summed E-state index contributed by atoms with van der Waals surface area (Å²) in [6.07, 6.45) is 0.123. The first-order valence-corrected chi connectivity index (χ1v) is 9.03. The first-order chi connectivity index (χ1) is 13.5. The molecule has 28 heavy (non-hydrogen) atoms. The van der Waals surface area contributed by atoms with Crippen molar-refractivity contribution in [1.29, 1.82) is 0 Å². The van der Waals surface area contributed by atoms with Gasteiger partial charge in [0, 0.05) is 18.6 Å². The van der Waals surface area contributed by atoms with Gasteiger partial charge in [-0.15, -0.1) is 0 Å². The van der Waals surface area contributed by atoms with E-state index in [1.807, 2.05) is 36.4 Å². The van der Waals surface area contributed by atoms with Crippen molar-refractivity contribution < 1.29 is 24.2 Å². The van der Waals surface area contributed by atoms with Gasteiger partial charge >= 0.3 is 5.97 Å². The van der Waals surface area contributed by atoms with Crippen LogP contribution in [0.25, 0.3) is 0 Å². The molecule has 3 N–H and O–H groups in total. The van der Waals surface area contributed by atoms with Crippen LogP contribution in [-0.2, 0) is 14.3 Å². The van der Waals surface area contributed by atoms with Crippen LogP contribution in [0, 0.1) is 0 Å². The van der Waals surface area contributed by atoms with Gasteiger partial charge in [0.25, 0.3) is 5.91 Å². The van der Waals surface area contributed by atoms with Gasteiger partial charge < -0.3 is 20.5 Å². The van der Waals surface area contributed by atoms with Crippen molar-refractivity contribution >= 4 is 17.8 Å². The van der Waals surface area contributed by atoms with E-state index in [1.54, 1.807) is 24.3 Å². The number of carbonyl (C=O) groups excluding carboxylic acids is 2. The number of carboxylic acids is 1. The number of rotatable bonds is 7. The molecule has 2 unspecified atom stereocenters. The predicted octanol–water partition coefficient (Wildman–Crippen LogP) is 1.91. The first-order valence-electron chi connectivity index (χ1n) is 9.03. The summed E-state index contributed by atoms with van der Waals surface area (Å²) in [7, 11) is 0. The minimum Gasteiger partial charge on any atom is -0.479 e. The maximum atomic E-state index is 12.6. The maximum absolute atomic E-state index is 12.6. The van der Waals surface area contributed by atoms with Crippen molar-refractivity contribution in [2.45, 2.75) is 24.4 Å². The third kappa shape index (κ3) is 4.55. The highest BCUT2D eigenvalue weighted by molar-refractivity contribution is 5.95. The third-order valence-electron chi connectivity index (χ3n) is 4.74. The zero-order chi connectivity index (χ0) is 20.0. The highest BCUT2D eigenvalue weighted by Gasteiger charge is 2.44. The molecule has 1 heterocycles. The fraction of sp³-hybridized carbons (Fsp3) is 0.286. The zero-order valence-electron chi connectivity index (χ0n) is 15.3. The standard InChI is InChI=1S/C21H22N2O5/c24-18(23-21(20(26)27)11-12-28-14-21)13-17(15-7-3-1-4-8-15)22-19(25)16-9-5-2-6-10-16/h1-10,17H,11-14H2,(H,22,25)(H,23,24)(H,26,27). The van der Waals surface area contributed by atoms with Crippen LogP contribution in [0.2, 0.25) is 0 Å². The molecule has 0 bridgehead atoms. The van der Waals surface area contributed by atoms with Crippen LogP contribution < -0.4 is 10.6 Å². The van der Waals surface area contributed by atoms with Gasteiger partial charge in [-0.3, -0.25) is 9.59 Å². The SMILES string of the molecule is O=C(CC(NC(=O)c1ccccc1)c1ccccc1)NC1(C(=O)O)CCOC1. The number of benzene rings is 2. The second-order valence-corrected chi connectivity index (χ2v) is 6.74. The van der Waals surface area contributed by atoms with Crippen molar-refractivity contribution in [3.8, 4) is 0 Å². The van der Waals surface area contributed by atoms with E-state index in [4.69, 9.17) is 4.74 Å². The van der Waals surface area contributed by atoms with Crippen LogP contribution in [0.15, 0.2) is 60.7 Å². The molecule has 0 spiro atoms. The molecular weight excluding hydrogens is 360 g/mol. The van der Waals surface area contributed by atoms with Crippen LogP contribution in [0.3, 0.4) is 0 Å². The summed E-state index contributed by atoms with van der Waals surface area (Å²) in [4.78, 5) is 36.8. The van der Waals surface area contributed by atoms with E-state index in [2.05, 4.69) is 10.6 Å². The number of ether oxygens (including phenoxy) is 1. The topological polar surface area (TPSA) is 105 Å². The van der Waals surface area contributed by atoms with E-state index in [-0.39, 0.29) is 32.0 Å². The third-order valence-corrected chi connectivity index (χ3v) is 4.74. The molecule has 7 nitrogen and oxygen atoms in total. The van der Waals surface area contributed by atoms with Gasteiger partial charge in [0.2, 0.25) is 5.91 Å². The average molecular weight is 382 g/mol. The van der Waals surface area contributed by atoms with E-state index in [9.17, 15) is 19.5 Å². The molecule has 1 fully saturated rings. The fourth-order valence-electron chi connectivity index (χ4n) is 3.16. The van der Waals surface area contributed by atoms with Gasteiger partial charge in [-0.2, -0.15) is 0 Å². The van der Waals surface area contributed by atoms with Crippen molar-refractivity contribution in [3.05, 3.63) is 71.8 Å². The van der Waals surface area contributed by atoms with E-state index in [0.717, 1.165) is 5.56 Å². The second-order valence-electron chi connectivity index (χ2n) is 6.74. The number of hydrogen-bond acceptors (Lipinski definition) is 4. The fourth-order valence-corrected chi connectivity index (χ4v) is 3.16. The molecule has 2 aromatic carbocycles. The number of carbonyl (C=O) groups is 3. The van der Waals surface area contributed by atoms with Crippen LogP contribution in [0.4, 0.5) is 0 Å². The average Bonchev–Trinajstić information content (AvgIpc) is 3.18. The number of aliphatic carboxylic acids is 1. The Balaban J connectivity index is 1.75. The molecule has 2 amide bonds.